The summed E-state index contributed by atoms with van der Waals surface area (Å²) in [6.07, 6.45) is 0. The molecule has 0 saturated heterocycles. The van der Waals surface area contributed by atoms with E-state index in [1.54, 1.807) is 36.9 Å². The molecule has 0 atom stereocenters. The highest BCUT2D eigenvalue weighted by Crippen LogP contribution is 2.38. The van der Waals surface area contributed by atoms with Crippen molar-refractivity contribution >= 4 is 76.2 Å². The van der Waals surface area contributed by atoms with Crippen molar-refractivity contribution in [2.24, 2.45) is 0 Å². The number of benzene rings is 4. The van der Waals surface area contributed by atoms with Crippen molar-refractivity contribution in [1.29, 1.82) is 0 Å². The standard InChI is InChI=1S/C32H24Br2N4O2S2/c1-39-29-15-21(7-13-25(29)35-31-37-27(17-41-31)19-3-9-23(33)10-4-19)22-8-14-26(30(16-22)40-2)36-32-38-28(18-42-32)20-5-11-24(34)12-6-20/h3-18H,1-2H3,(H,35,37)(H,36,38). The highest BCUT2D eigenvalue weighted by Gasteiger charge is 2.13. The van der Waals surface area contributed by atoms with Gasteiger partial charge >= 0.3 is 0 Å². The average molecular weight is 721 g/mol. The van der Waals surface area contributed by atoms with E-state index in [0.717, 1.165) is 75.7 Å². The Hall–Kier alpha value is -3.70. The van der Waals surface area contributed by atoms with Crippen molar-refractivity contribution in [3.05, 3.63) is 105 Å². The Labute approximate surface area is 268 Å². The molecule has 0 fully saturated rings. The molecule has 2 N–H and O–H groups in total. The summed E-state index contributed by atoms with van der Waals surface area (Å²) in [5.41, 5.74) is 7.67. The number of anilines is 4. The first-order valence-electron chi connectivity index (χ1n) is 12.8. The molecular weight excluding hydrogens is 696 g/mol. The van der Waals surface area contributed by atoms with Crippen LogP contribution >= 0.6 is 54.5 Å². The van der Waals surface area contributed by atoms with E-state index in [4.69, 9.17) is 19.4 Å². The number of halogens is 2. The highest BCUT2D eigenvalue weighted by molar-refractivity contribution is 9.10. The molecule has 6 nitrogen and oxygen atoms in total. The first-order chi connectivity index (χ1) is 20.5. The van der Waals surface area contributed by atoms with Gasteiger partial charge < -0.3 is 20.1 Å². The quantitative estimate of drug-likeness (QED) is 0.155. The Morgan fingerprint density at radius 3 is 1.31 bits per heavy atom. The Morgan fingerprint density at radius 2 is 0.929 bits per heavy atom. The van der Waals surface area contributed by atoms with Crippen LogP contribution in [0.2, 0.25) is 0 Å². The summed E-state index contributed by atoms with van der Waals surface area (Å²) in [5, 5.41) is 12.5. The number of ether oxygens (including phenoxy) is 2. The van der Waals surface area contributed by atoms with Crippen molar-refractivity contribution in [1.82, 2.24) is 9.97 Å². The molecule has 0 bridgehead atoms. The lowest BCUT2D eigenvalue weighted by Crippen LogP contribution is -1.96. The van der Waals surface area contributed by atoms with Crippen LogP contribution in [0.4, 0.5) is 21.6 Å². The van der Waals surface area contributed by atoms with Gasteiger partial charge in [0.2, 0.25) is 0 Å². The number of methoxy groups -OCH3 is 2. The normalized spacial score (nSPS) is 10.9. The second-order valence-electron chi connectivity index (χ2n) is 9.17. The lowest BCUT2D eigenvalue weighted by Gasteiger charge is -2.14. The minimum absolute atomic E-state index is 0.720. The van der Waals surface area contributed by atoms with E-state index in [-0.39, 0.29) is 0 Å². The topological polar surface area (TPSA) is 68.3 Å². The number of hydrogen-bond acceptors (Lipinski definition) is 8. The summed E-state index contributed by atoms with van der Waals surface area (Å²) < 4.78 is 13.6. The van der Waals surface area contributed by atoms with Gasteiger partial charge in [0, 0.05) is 30.8 Å². The van der Waals surface area contributed by atoms with E-state index in [2.05, 4.69) is 54.6 Å². The number of hydrogen-bond donors (Lipinski definition) is 2. The lowest BCUT2D eigenvalue weighted by atomic mass is 10.0. The molecule has 2 heterocycles. The zero-order valence-corrected chi connectivity index (χ0v) is 27.3. The first-order valence-corrected chi connectivity index (χ1v) is 16.2. The van der Waals surface area contributed by atoms with Crippen LogP contribution in [0.1, 0.15) is 0 Å². The van der Waals surface area contributed by atoms with Crippen LogP contribution in [-0.2, 0) is 0 Å². The second-order valence-corrected chi connectivity index (χ2v) is 12.7. The lowest BCUT2D eigenvalue weighted by molar-refractivity contribution is 0.416. The molecule has 0 aliphatic heterocycles. The fourth-order valence-corrected chi connectivity index (χ4v) is 6.34. The van der Waals surface area contributed by atoms with E-state index in [1.165, 1.54) is 0 Å². The predicted octanol–water partition coefficient (Wildman–Crippen LogP) is 10.6. The van der Waals surface area contributed by atoms with Crippen LogP contribution in [0.25, 0.3) is 33.6 Å². The zero-order chi connectivity index (χ0) is 29.1. The molecule has 0 unspecified atom stereocenters. The molecule has 4 aromatic carbocycles. The van der Waals surface area contributed by atoms with Crippen LogP contribution in [-0.4, -0.2) is 24.2 Å². The summed E-state index contributed by atoms with van der Waals surface area (Å²) >= 11 is 10.1. The third-order valence-corrected chi connectivity index (χ3v) is 9.08. The Bertz CT molecular complexity index is 1700. The molecule has 210 valence electrons. The van der Waals surface area contributed by atoms with E-state index >= 15 is 0 Å². The van der Waals surface area contributed by atoms with Gasteiger partial charge in [0.15, 0.2) is 10.3 Å². The van der Waals surface area contributed by atoms with Gasteiger partial charge in [0.25, 0.3) is 0 Å². The third-order valence-electron chi connectivity index (χ3n) is 6.51. The van der Waals surface area contributed by atoms with E-state index in [0.29, 0.717) is 0 Å². The van der Waals surface area contributed by atoms with Crippen LogP contribution < -0.4 is 20.1 Å². The monoisotopic (exact) mass is 718 g/mol. The summed E-state index contributed by atoms with van der Waals surface area (Å²) in [7, 11) is 3.34. The van der Waals surface area contributed by atoms with Crippen molar-refractivity contribution in [3.8, 4) is 45.1 Å². The van der Waals surface area contributed by atoms with Crippen LogP contribution in [0.15, 0.2) is 105 Å². The number of nitrogens with zero attached hydrogens (tertiary/aromatic N) is 2. The molecule has 0 amide bonds. The molecule has 0 aliphatic carbocycles. The van der Waals surface area contributed by atoms with Gasteiger partial charge in [-0.15, -0.1) is 22.7 Å². The largest absolute Gasteiger partial charge is 0.495 e. The Morgan fingerprint density at radius 1 is 0.548 bits per heavy atom. The van der Waals surface area contributed by atoms with E-state index in [1.807, 2.05) is 83.6 Å². The van der Waals surface area contributed by atoms with Crippen molar-refractivity contribution in [3.63, 3.8) is 0 Å². The maximum atomic E-state index is 5.74. The fraction of sp³-hybridized carbons (Fsp3) is 0.0625. The number of thiazole rings is 2. The summed E-state index contributed by atoms with van der Waals surface area (Å²) in [4.78, 5) is 9.51. The van der Waals surface area contributed by atoms with Gasteiger partial charge in [0.1, 0.15) is 11.5 Å². The van der Waals surface area contributed by atoms with Gasteiger partial charge in [-0.05, 0) is 59.7 Å². The molecule has 6 rings (SSSR count). The van der Waals surface area contributed by atoms with Gasteiger partial charge in [0.05, 0.1) is 37.0 Å². The van der Waals surface area contributed by atoms with Crippen molar-refractivity contribution in [2.75, 3.05) is 24.9 Å². The zero-order valence-electron chi connectivity index (χ0n) is 22.5. The molecule has 10 heteroatoms. The van der Waals surface area contributed by atoms with Crippen LogP contribution in [0.5, 0.6) is 11.5 Å². The van der Waals surface area contributed by atoms with Gasteiger partial charge in [-0.1, -0.05) is 68.3 Å². The molecule has 2 aromatic heterocycles. The molecule has 0 aliphatic rings. The summed E-state index contributed by atoms with van der Waals surface area (Å²) in [5.74, 6) is 1.44. The molecule has 6 aromatic rings. The van der Waals surface area contributed by atoms with Crippen molar-refractivity contribution < 1.29 is 9.47 Å². The van der Waals surface area contributed by atoms with E-state index in [9.17, 15) is 0 Å². The Kier molecular flexibility index (Phi) is 8.57. The number of rotatable bonds is 9. The minimum atomic E-state index is 0.720. The molecule has 42 heavy (non-hydrogen) atoms. The maximum Gasteiger partial charge on any atom is 0.187 e. The highest BCUT2D eigenvalue weighted by atomic mass is 79.9. The molecule has 0 spiro atoms. The summed E-state index contributed by atoms with van der Waals surface area (Å²) in [6, 6.07) is 28.4. The van der Waals surface area contributed by atoms with Gasteiger partial charge in [-0.3, -0.25) is 0 Å². The Balaban J connectivity index is 1.19. The van der Waals surface area contributed by atoms with Crippen LogP contribution in [0.3, 0.4) is 0 Å². The second kappa shape index (κ2) is 12.7. The maximum absolute atomic E-state index is 5.74. The summed E-state index contributed by atoms with van der Waals surface area (Å²) in [6.45, 7) is 0. The first kappa shape index (κ1) is 28.4. The van der Waals surface area contributed by atoms with Crippen molar-refractivity contribution in [2.45, 2.75) is 0 Å². The number of aromatic nitrogens is 2. The third kappa shape index (κ3) is 6.37. The minimum Gasteiger partial charge on any atom is -0.495 e. The van der Waals surface area contributed by atoms with E-state index < -0.39 is 0 Å². The van der Waals surface area contributed by atoms with Crippen LogP contribution in [0, 0.1) is 0 Å². The molecular formula is C32H24Br2N4O2S2. The number of nitrogens with one attached hydrogen (secondary N) is 2. The smallest absolute Gasteiger partial charge is 0.187 e. The predicted molar refractivity (Wildman–Crippen MR) is 182 cm³/mol. The molecule has 0 saturated carbocycles. The van der Waals surface area contributed by atoms with Gasteiger partial charge in [-0.25, -0.2) is 9.97 Å². The van der Waals surface area contributed by atoms with Gasteiger partial charge in [-0.2, -0.15) is 0 Å². The SMILES string of the molecule is COc1cc(-c2ccc(Nc3nc(-c4ccc(Br)cc4)cs3)c(OC)c2)ccc1Nc1nc(-c2ccc(Br)cc2)cs1. The fourth-order valence-electron chi connectivity index (χ4n) is 4.35. The molecule has 0 radical (unpaired) electrons. The average Bonchev–Trinajstić information content (AvgIpc) is 3.68.